The van der Waals surface area contributed by atoms with E-state index in [9.17, 15) is 0 Å². The van der Waals surface area contributed by atoms with Gasteiger partial charge in [0.15, 0.2) is 0 Å². The molecule has 0 amide bonds. The third-order valence-electron chi connectivity index (χ3n) is 2.99. The van der Waals surface area contributed by atoms with Crippen LogP contribution >= 0.6 is 15.9 Å². The fraction of sp³-hybridized carbons (Fsp3) is 0.333. The van der Waals surface area contributed by atoms with Crippen LogP contribution in [-0.4, -0.2) is 23.1 Å². The number of hydrogen-bond acceptors (Lipinski definition) is 3. The Kier molecular flexibility index (Phi) is 2.61. The van der Waals surface area contributed by atoms with Gasteiger partial charge in [0.1, 0.15) is 5.82 Å². The van der Waals surface area contributed by atoms with Gasteiger partial charge in [-0.2, -0.15) is 0 Å². The molecule has 82 valence electrons. The largest absolute Gasteiger partial charge is 0.316 e. The molecule has 0 aliphatic carbocycles. The Balaban J connectivity index is 2.07. The molecule has 1 atom stereocenters. The Morgan fingerprint density at radius 3 is 3.12 bits per heavy atom. The summed E-state index contributed by atoms with van der Waals surface area (Å²) in [7, 11) is 0. The van der Waals surface area contributed by atoms with Crippen LogP contribution in [0.15, 0.2) is 28.9 Å². The van der Waals surface area contributed by atoms with Gasteiger partial charge in [0.2, 0.25) is 0 Å². The van der Waals surface area contributed by atoms with Crippen LogP contribution in [0, 0.1) is 0 Å². The van der Waals surface area contributed by atoms with Crippen LogP contribution in [0.25, 0.3) is 10.9 Å². The van der Waals surface area contributed by atoms with Crippen LogP contribution in [-0.2, 0) is 0 Å². The lowest BCUT2D eigenvalue weighted by molar-refractivity contribution is 0.707. The summed E-state index contributed by atoms with van der Waals surface area (Å²) in [6.45, 7) is 2.07. The average Bonchev–Trinajstić information content (AvgIpc) is 2.81. The van der Waals surface area contributed by atoms with Crippen molar-refractivity contribution in [2.75, 3.05) is 13.1 Å². The quantitative estimate of drug-likeness (QED) is 0.870. The van der Waals surface area contributed by atoms with E-state index < -0.39 is 0 Å². The summed E-state index contributed by atoms with van der Waals surface area (Å²) in [6.07, 6.45) is 3.06. The molecule has 1 unspecified atom stereocenters. The van der Waals surface area contributed by atoms with Crippen LogP contribution < -0.4 is 5.32 Å². The highest BCUT2D eigenvalue weighted by Crippen LogP contribution is 2.22. The SMILES string of the molecule is Brc1ccc2cnc(C3CCNC3)nc2c1. The number of rotatable bonds is 1. The molecule has 1 aromatic heterocycles. The van der Waals surface area contributed by atoms with Crippen LogP contribution in [0.5, 0.6) is 0 Å². The standard InChI is InChI=1S/C12H12BrN3/c13-10-2-1-8-7-15-12(16-11(8)5-10)9-3-4-14-6-9/h1-2,5,7,9,14H,3-4,6H2. The second kappa shape index (κ2) is 4.11. The number of fused-ring (bicyclic) bond motifs is 1. The number of aromatic nitrogens is 2. The van der Waals surface area contributed by atoms with Gasteiger partial charge in [0.05, 0.1) is 5.52 Å². The summed E-state index contributed by atoms with van der Waals surface area (Å²) >= 11 is 3.47. The lowest BCUT2D eigenvalue weighted by atomic mass is 10.1. The van der Waals surface area contributed by atoms with E-state index in [1.807, 2.05) is 24.4 Å². The fourth-order valence-electron chi connectivity index (χ4n) is 2.08. The van der Waals surface area contributed by atoms with Gasteiger partial charge in [-0.05, 0) is 25.1 Å². The maximum atomic E-state index is 4.64. The van der Waals surface area contributed by atoms with Crippen molar-refractivity contribution in [3.05, 3.63) is 34.7 Å². The molecule has 4 heteroatoms. The lowest BCUT2D eigenvalue weighted by Crippen LogP contribution is -2.10. The minimum absolute atomic E-state index is 0.475. The van der Waals surface area contributed by atoms with Gasteiger partial charge in [0, 0.05) is 28.5 Å². The Hall–Kier alpha value is -1.00. The topological polar surface area (TPSA) is 37.8 Å². The van der Waals surface area contributed by atoms with E-state index in [2.05, 4.69) is 31.2 Å². The van der Waals surface area contributed by atoms with Crippen molar-refractivity contribution in [2.24, 2.45) is 0 Å². The predicted octanol–water partition coefficient (Wildman–Crippen LogP) is 2.47. The summed E-state index contributed by atoms with van der Waals surface area (Å²) in [5.41, 5.74) is 1.02. The van der Waals surface area contributed by atoms with Gasteiger partial charge in [-0.15, -0.1) is 0 Å². The van der Waals surface area contributed by atoms with E-state index in [4.69, 9.17) is 0 Å². The Morgan fingerprint density at radius 1 is 1.38 bits per heavy atom. The van der Waals surface area contributed by atoms with E-state index in [0.717, 1.165) is 40.7 Å². The van der Waals surface area contributed by atoms with E-state index >= 15 is 0 Å². The Labute approximate surface area is 102 Å². The molecule has 1 saturated heterocycles. The van der Waals surface area contributed by atoms with Crippen LogP contribution in [0.4, 0.5) is 0 Å². The molecule has 1 N–H and O–H groups in total. The van der Waals surface area contributed by atoms with Crippen molar-refractivity contribution in [1.82, 2.24) is 15.3 Å². The van der Waals surface area contributed by atoms with Gasteiger partial charge in [-0.1, -0.05) is 22.0 Å². The number of hydrogen-bond donors (Lipinski definition) is 1. The van der Waals surface area contributed by atoms with Gasteiger partial charge in [-0.25, -0.2) is 9.97 Å². The minimum Gasteiger partial charge on any atom is -0.316 e. The first-order valence-electron chi connectivity index (χ1n) is 5.46. The molecule has 1 aliphatic heterocycles. The van der Waals surface area contributed by atoms with Crippen molar-refractivity contribution >= 4 is 26.8 Å². The maximum Gasteiger partial charge on any atom is 0.133 e. The van der Waals surface area contributed by atoms with Crippen LogP contribution in [0.2, 0.25) is 0 Å². The molecular weight excluding hydrogens is 266 g/mol. The first-order valence-corrected chi connectivity index (χ1v) is 6.25. The maximum absolute atomic E-state index is 4.64. The van der Waals surface area contributed by atoms with E-state index in [0.29, 0.717) is 5.92 Å². The van der Waals surface area contributed by atoms with Crippen molar-refractivity contribution in [1.29, 1.82) is 0 Å². The minimum atomic E-state index is 0.475. The average molecular weight is 278 g/mol. The molecule has 0 radical (unpaired) electrons. The zero-order chi connectivity index (χ0) is 11.0. The lowest BCUT2D eigenvalue weighted by Gasteiger charge is -2.07. The Bertz CT molecular complexity index is 521. The summed E-state index contributed by atoms with van der Waals surface area (Å²) in [5, 5.41) is 4.44. The van der Waals surface area contributed by atoms with E-state index in [1.54, 1.807) is 0 Å². The molecule has 1 fully saturated rings. The summed E-state index contributed by atoms with van der Waals surface area (Å²) < 4.78 is 1.06. The van der Waals surface area contributed by atoms with Crippen LogP contribution in [0.1, 0.15) is 18.2 Å². The number of nitrogens with zero attached hydrogens (tertiary/aromatic N) is 2. The molecular formula is C12H12BrN3. The molecule has 3 nitrogen and oxygen atoms in total. The zero-order valence-corrected chi connectivity index (χ0v) is 10.4. The van der Waals surface area contributed by atoms with E-state index in [1.165, 1.54) is 0 Å². The van der Waals surface area contributed by atoms with Crippen molar-refractivity contribution in [3.8, 4) is 0 Å². The van der Waals surface area contributed by atoms with Gasteiger partial charge in [0.25, 0.3) is 0 Å². The molecule has 1 aromatic carbocycles. The van der Waals surface area contributed by atoms with E-state index in [-0.39, 0.29) is 0 Å². The highest BCUT2D eigenvalue weighted by atomic mass is 79.9. The number of nitrogens with one attached hydrogen (secondary N) is 1. The van der Waals surface area contributed by atoms with Crippen molar-refractivity contribution in [3.63, 3.8) is 0 Å². The second-order valence-electron chi connectivity index (χ2n) is 4.12. The van der Waals surface area contributed by atoms with Crippen LogP contribution in [0.3, 0.4) is 0 Å². The third-order valence-corrected chi connectivity index (χ3v) is 3.48. The second-order valence-corrected chi connectivity index (χ2v) is 5.04. The smallest absolute Gasteiger partial charge is 0.133 e. The summed E-state index contributed by atoms with van der Waals surface area (Å²) in [5.74, 6) is 1.44. The molecule has 2 heterocycles. The highest BCUT2D eigenvalue weighted by molar-refractivity contribution is 9.10. The highest BCUT2D eigenvalue weighted by Gasteiger charge is 2.19. The monoisotopic (exact) mass is 277 g/mol. The predicted molar refractivity (Wildman–Crippen MR) is 67.5 cm³/mol. The first kappa shape index (κ1) is 10.2. The van der Waals surface area contributed by atoms with Gasteiger partial charge >= 0.3 is 0 Å². The summed E-state index contributed by atoms with van der Waals surface area (Å²) in [4.78, 5) is 9.09. The normalized spacial score (nSPS) is 20.4. The Morgan fingerprint density at radius 2 is 2.31 bits per heavy atom. The molecule has 3 rings (SSSR count). The van der Waals surface area contributed by atoms with Crippen molar-refractivity contribution in [2.45, 2.75) is 12.3 Å². The zero-order valence-electron chi connectivity index (χ0n) is 8.78. The molecule has 0 saturated carbocycles. The third kappa shape index (κ3) is 1.83. The van der Waals surface area contributed by atoms with Gasteiger partial charge < -0.3 is 5.32 Å². The van der Waals surface area contributed by atoms with Gasteiger partial charge in [-0.3, -0.25) is 0 Å². The molecule has 1 aliphatic rings. The number of halogens is 1. The molecule has 0 spiro atoms. The summed E-state index contributed by atoms with van der Waals surface area (Å²) in [6, 6.07) is 6.10. The molecule has 2 aromatic rings. The molecule has 16 heavy (non-hydrogen) atoms. The first-order chi connectivity index (χ1) is 7.83. The number of benzene rings is 1. The molecule has 0 bridgehead atoms. The van der Waals surface area contributed by atoms with Crippen molar-refractivity contribution < 1.29 is 0 Å². The fourth-order valence-corrected chi connectivity index (χ4v) is 2.43.